The fourth-order valence-electron chi connectivity index (χ4n) is 1.40. The van der Waals surface area contributed by atoms with Crippen molar-refractivity contribution in [1.29, 1.82) is 0 Å². The van der Waals surface area contributed by atoms with E-state index >= 15 is 0 Å². The number of rotatable bonds is 7. The maximum absolute atomic E-state index is 10.7. The van der Waals surface area contributed by atoms with Gasteiger partial charge in [-0.1, -0.05) is 19.4 Å². The minimum absolute atomic E-state index is 0.514. The lowest BCUT2D eigenvalue weighted by Gasteiger charge is -2.11. The molecule has 0 heterocycles. The predicted molar refractivity (Wildman–Crippen MR) is 66.1 cm³/mol. The summed E-state index contributed by atoms with van der Waals surface area (Å²) in [6.45, 7) is 2.65. The van der Waals surface area contributed by atoms with Gasteiger partial charge in [0.25, 0.3) is 0 Å². The molecule has 1 aromatic carbocycles. The zero-order valence-corrected chi connectivity index (χ0v) is 9.89. The van der Waals surface area contributed by atoms with E-state index in [1.807, 2.05) is 0 Å². The van der Waals surface area contributed by atoms with Gasteiger partial charge < -0.3 is 20.1 Å². The maximum atomic E-state index is 10.7. The summed E-state index contributed by atoms with van der Waals surface area (Å²) in [6, 6.07) is 4.96. The third kappa shape index (κ3) is 3.59. The lowest BCUT2D eigenvalue weighted by atomic mass is 10.0. The first kappa shape index (κ1) is 13.2. The summed E-state index contributed by atoms with van der Waals surface area (Å²) in [5.41, 5.74) is 6.87. The highest BCUT2D eigenvalue weighted by Crippen LogP contribution is 2.25. The summed E-state index contributed by atoms with van der Waals surface area (Å²) in [6.07, 6.45) is 3.18. The third-order valence-corrected chi connectivity index (χ3v) is 2.47. The summed E-state index contributed by atoms with van der Waals surface area (Å²) in [5, 5.41) is 0. The first-order chi connectivity index (χ1) is 8.22. The van der Waals surface area contributed by atoms with E-state index < -0.39 is 5.92 Å². The first-order valence-electron chi connectivity index (χ1n) is 5.65. The van der Waals surface area contributed by atoms with Crippen LogP contribution in [0.2, 0.25) is 0 Å². The number of unbranched alkanes of at least 4 members (excludes halogenated alkanes) is 1. The molecular formula is C13H17NO3. The van der Waals surface area contributed by atoms with Crippen molar-refractivity contribution < 1.29 is 14.3 Å². The standard InChI is InChI=1S/C13H17NO3/c1-2-3-6-17-13-7-10(4-5-12(13)14)11(8-15)9-16/h4-5,7-9,11H,2-3,6,14H2,1H3. The van der Waals surface area contributed by atoms with Gasteiger partial charge in [0.2, 0.25) is 0 Å². The number of ether oxygens (including phenoxy) is 1. The fraction of sp³-hybridized carbons (Fsp3) is 0.385. The summed E-state index contributed by atoms with van der Waals surface area (Å²) in [5.74, 6) is -0.214. The van der Waals surface area contributed by atoms with Gasteiger partial charge in [-0.05, 0) is 24.1 Å². The smallest absolute Gasteiger partial charge is 0.142 e. The number of carbonyl (C=O) groups excluding carboxylic acids is 2. The molecule has 0 aliphatic rings. The van der Waals surface area contributed by atoms with Crippen molar-refractivity contribution in [2.75, 3.05) is 12.3 Å². The predicted octanol–water partition coefficient (Wildman–Crippen LogP) is 1.93. The average Bonchev–Trinajstić information content (AvgIpc) is 2.34. The van der Waals surface area contributed by atoms with E-state index in [1.54, 1.807) is 18.2 Å². The van der Waals surface area contributed by atoms with Crippen molar-refractivity contribution in [2.45, 2.75) is 25.7 Å². The van der Waals surface area contributed by atoms with Crippen LogP contribution in [0.15, 0.2) is 18.2 Å². The highest BCUT2D eigenvalue weighted by Gasteiger charge is 2.11. The van der Waals surface area contributed by atoms with Gasteiger partial charge in [0.15, 0.2) is 0 Å². The Morgan fingerprint density at radius 3 is 2.65 bits per heavy atom. The van der Waals surface area contributed by atoms with Gasteiger partial charge in [0.1, 0.15) is 18.3 Å². The minimum atomic E-state index is -0.746. The van der Waals surface area contributed by atoms with Crippen molar-refractivity contribution in [3.8, 4) is 5.75 Å². The number of benzene rings is 1. The Hall–Kier alpha value is -1.84. The zero-order valence-electron chi connectivity index (χ0n) is 9.89. The van der Waals surface area contributed by atoms with Gasteiger partial charge in [0.05, 0.1) is 18.2 Å². The highest BCUT2D eigenvalue weighted by atomic mass is 16.5. The molecule has 0 unspecified atom stereocenters. The average molecular weight is 235 g/mol. The molecule has 0 aliphatic carbocycles. The Morgan fingerprint density at radius 1 is 1.35 bits per heavy atom. The van der Waals surface area contributed by atoms with Gasteiger partial charge in [-0.3, -0.25) is 0 Å². The number of hydrogen-bond donors (Lipinski definition) is 1. The van der Waals surface area contributed by atoms with Crippen LogP contribution in [0.5, 0.6) is 5.75 Å². The Morgan fingerprint density at radius 2 is 2.06 bits per heavy atom. The second-order valence-corrected chi connectivity index (χ2v) is 3.80. The van der Waals surface area contributed by atoms with Gasteiger partial charge in [-0.25, -0.2) is 0 Å². The fourth-order valence-corrected chi connectivity index (χ4v) is 1.40. The number of anilines is 1. The summed E-state index contributed by atoms with van der Waals surface area (Å²) in [7, 11) is 0. The van der Waals surface area contributed by atoms with Gasteiger partial charge in [-0.2, -0.15) is 0 Å². The number of carbonyl (C=O) groups is 2. The molecule has 92 valence electrons. The summed E-state index contributed by atoms with van der Waals surface area (Å²) < 4.78 is 5.50. The van der Waals surface area contributed by atoms with Crippen molar-refractivity contribution in [3.05, 3.63) is 23.8 Å². The van der Waals surface area contributed by atoms with Crippen LogP contribution in [-0.4, -0.2) is 19.2 Å². The molecule has 0 amide bonds. The molecule has 0 saturated carbocycles. The van der Waals surface area contributed by atoms with Crippen LogP contribution in [-0.2, 0) is 9.59 Å². The van der Waals surface area contributed by atoms with Crippen molar-refractivity contribution >= 4 is 18.3 Å². The topological polar surface area (TPSA) is 69.4 Å². The summed E-state index contributed by atoms with van der Waals surface area (Å²) in [4.78, 5) is 21.4. The lowest BCUT2D eigenvalue weighted by Crippen LogP contribution is -2.05. The number of nitrogen functional groups attached to an aromatic ring is 1. The van der Waals surface area contributed by atoms with Crippen LogP contribution in [0.3, 0.4) is 0 Å². The van der Waals surface area contributed by atoms with Crippen molar-refractivity contribution in [2.24, 2.45) is 0 Å². The van der Waals surface area contributed by atoms with E-state index in [0.717, 1.165) is 12.8 Å². The molecule has 0 radical (unpaired) electrons. The minimum Gasteiger partial charge on any atom is -0.491 e. The molecule has 0 saturated heterocycles. The third-order valence-electron chi connectivity index (χ3n) is 2.47. The number of nitrogens with two attached hydrogens (primary N) is 1. The Kier molecular flexibility index (Phi) is 5.20. The second kappa shape index (κ2) is 6.68. The van der Waals surface area contributed by atoms with E-state index in [0.29, 0.717) is 36.2 Å². The van der Waals surface area contributed by atoms with Crippen LogP contribution < -0.4 is 10.5 Å². The van der Waals surface area contributed by atoms with Crippen LogP contribution in [0, 0.1) is 0 Å². The van der Waals surface area contributed by atoms with Crippen LogP contribution in [0.1, 0.15) is 31.2 Å². The van der Waals surface area contributed by atoms with E-state index in [9.17, 15) is 9.59 Å². The molecular weight excluding hydrogens is 218 g/mol. The molecule has 0 bridgehead atoms. The molecule has 1 rings (SSSR count). The van der Waals surface area contributed by atoms with Crippen LogP contribution in [0.4, 0.5) is 5.69 Å². The second-order valence-electron chi connectivity index (χ2n) is 3.80. The van der Waals surface area contributed by atoms with Crippen LogP contribution >= 0.6 is 0 Å². The van der Waals surface area contributed by atoms with Gasteiger partial charge in [0, 0.05) is 0 Å². The molecule has 2 N–H and O–H groups in total. The molecule has 0 fully saturated rings. The van der Waals surface area contributed by atoms with Gasteiger partial charge in [-0.15, -0.1) is 0 Å². The lowest BCUT2D eigenvalue weighted by molar-refractivity contribution is -0.116. The van der Waals surface area contributed by atoms with E-state index in [-0.39, 0.29) is 0 Å². The normalized spacial score (nSPS) is 10.2. The molecule has 1 aromatic rings. The quantitative estimate of drug-likeness (QED) is 0.339. The molecule has 4 heteroatoms. The summed E-state index contributed by atoms with van der Waals surface area (Å²) >= 11 is 0. The van der Waals surface area contributed by atoms with Crippen molar-refractivity contribution in [1.82, 2.24) is 0 Å². The number of hydrogen-bond acceptors (Lipinski definition) is 4. The molecule has 0 aromatic heterocycles. The number of aldehydes is 2. The Bertz CT molecular complexity index is 382. The van der Waals surface area contributed by atoms with Crippen LogP contribution in [0.25, 0.3) is 0 Å². The SMILES string of the molecule is CCCCOc1cc(C(C=O)C=O)ccc1N. The molecule has 17 heavy (non-hydrogen) atoms. The first-order valence-corrected chi connectivity index (χ1v) is 5.65. The zero-order chi connectivity index (χ0) is 12.7. The van der Waals surface area contributed by atoms with E-state index in [4.69, 9.17) is 10.5 Å². The molecule has 0 atom stereocenters. The Labute approximate surface area is 101 Å². The molecule has 4 nitrogen and oxygen atoms in total. The molecule has 0 spiro atoms. The monoisotopic (exact) mass is 235 g/mol. The van der Waals surface area contributed by atoms with Gasteiger partial charge >= 0.3 is 0 Å². The largest absolute Gasteiger partial charge is 0.491 e. The Balaban J connectivity index is 2.85. The van der Waals surface area contributed by atoms with Crippen molar-refractivity contribution in [3.63, 3.8) is 0 Å². The highest BCUT2D eigenvalue weighted by molar-refractivity contribution is 5.85. The van der Waals surface area contributed by atoms with E-state index in [2.05, 4.69) is 6.92 Å². The van der Waals surface area contributed by atoms with E-state index in [1.165, 1.54) is 0 Å². The maximum Gasteiger partial charge on any atom is 0.142 e. The molecule has 0 aliphatic heterocycles.